The Labute approximate surface area is 108 Å². The molecule has 0 aliphatic heterocycles. The van der Waals surface area contributed by atoms with Gasteiger partial charge < -0.3 is 0 Å². The Morgan fingerprint density at radius 1 is 1.22 bits per heavy atom. The minimum absolute atomic E-state index is 0.257. The fraction of sp³-hybridized carbons (Fsp3) is 0. The first-order valence-corrected chi connectivity index (χ1v) is 5.39. The molecule has 1 aromatic carbocycles. The van der Waals surface area contributed by atoms with Crippen molar-refractivity contribution in [2.75, 3.05) is 0 Å². The Hall–Kier alpha value is -2.36. The van der Waals surface area contributed by atoms with Crippen LogP contribution in [0.2, 0.25) is 5.02 Å². The molecule has 0 bridgehead atoms. The number of aromatic nitrogens is 1. The predicted molar refractivity (Wildman–Crippen MR) is 68.2 cm³/mol. The van der Waals surface area contributed by atoms with Gasteiger partial charge in [-0.05, 0) is 52.1 Å². The average Bonchev–Trinajstić information content (AvgIpc) is 2.39. The van der Waals surface area contributed by atoms with Crippen LogP contribution in [0.1, 0.15) is 10.4 Å². The third kappa shape index (κ3) is 2.66. The van der Waals surface area contributed by atoms with Crippen molar-refractivity contribution in [3.63, 3.8) is 0 Å². The molecule has 88 valence electrons. The first kappa shape index (κ1) is 12.1. The van der Waals surface area contributed by atoms with Gasteiger partial charge in [-0.3, -0.25) is 9.78 Å². The van der Waals surface area contributed by atoms with Crippen LogP contribution in [0.25, 0.3) is 21.6 Å². The number of carbonyl (C=O) groups is 1. The van der Waals surface area contributed by atoms with Gasteiger partial charge in [-0.15, -0.1) is 0 Å². The van der Waals surface area contributed by atoms with Gasteiger partial charge in [-0.2, -0.15) is 0 Å². The van der Waals surface area contributed by atoms with Crippen molar-refractivity contribution in [3.05, 3.63) is 63.8 Å². The smallest absolute Gasteiger partial charge is 0.249 e. The van der Waals surface area contributed by atoms with E-state index in [0.717, 1.165) is 11.1 Å². The maximum absolute atomic E-state index is 11.5. The summed E-state index contributed by atoms with van der Waals surface area (Å²) in [5.41, 5.74) is 10.1. The van der Waals surface area contributed by atoms with Crippen LogP contribution in [0.3, 0.4) is 0 Å². The molecule has 0 radical (unpaired) electrons. The van der Waals surface area contributed by atoms with Crippen LogP contribution in [0, 0.1) is 0 Å². The zero-order valence-corrected chi connectivity index (χ0v) is 9.87. The van der Waals surface area contributed by atoms with Crippen LogP contribution in [0.4, 0.5) is 0 Å². The molecule has 0 saturated carbocycles. The molecular weight excluding hydrogens is 252 g/mol. The Morgan fingerprint density at radius 3 is 2.61 bits per heavy atom. The number of amides is 1. The topological polar surface area (TPSA) is 78.7 Å². The van der Waals surface area contributed by atoms with Gasteiger partial charge in [0.1, 0.15) is 0 Å². The zero-order chi connectivity index (χ0) is 13.0. The summed E-state index contributed by atoms with van der Waals surface area (Å²) in [5, 5.41) is 3.44. The summed E-state index contributed by atoms with van der Waals surface area (Å²) in [6.45, 7) is 0. The number of halogens is 1. The average molecular weight is 259 g/mol. The normalized spacial score (nSPS) is 9.61. The maximum Gasteiger partial charge on any atom is 0.249 e. The van der Waals surface area contributed by atoms with E-state index in [2.05, 4.69) is 15.0 Å². The summed E-state index contributed by atoms with van der Waals surface area (Å²) < 4.78 is 0. The highest BCUT2D eigenvalue weighted by molar-refractivity contribution is 6.31. The molecule has 6 heteroatoms. The molecule has 5 nitrogen and oxygen atoms in total. The summed E-state index contributed by atoms with van der Waals surface area (Å²) in [7, 11) is 0. The van der Waals surface area contributed by atoms with Crippen LogP contribution in [-0.4, -0.2) is 10.9 Å². The van der Waals surface area contributed by atoms with E-state index in [1.54, 1.807) is 36.7 Å². The second-order valence-electron chi connectivity index (χ2n) is 3.46. The van der Waals surface area contributed by atoms with Crippen LogP contribution < -0.4 is 0 Å². The van der Waals surface area contributed by atoms with E-state index in [1.165, 1.54) is 6.07 Å². The van der Waals surface area contributed by atoms with E-state index in [1.807, 2.05) is 0 Å². The van der Waals surface area contributed by atoms with Gasteiger partial charge in [0.2, 0.25) is 5.91 Å². The molecule has 18 heavy (non-hydrogen) atoms. The summed E-state index contributed by atoms with van der Waals surface area (Å²) in [4.78, 5) is 17.9. The molecule has 0 fully saturated rings. The number of azide groups is 1. The van der Waals surface area contributed by atoms with Gasteiger partial charge >= 0.3 is 0 Å². The highest BCUT2D eigenvalue weighted by Crippen LogP contribution is 2.24. The van der Waals surface area contributed by atoms with Crippen LogP contribution >= 0.6 is 11.6 Å². The number of pyridine rings is 1. The second kappa shape index (κ2) is 5.31. The summed E-state index contributed by atoms with van der Waals surface area (Å²) >= 11 is 5.94. The lowest BCUT2D eigenvalue weighted by Gasteiger charge is -2.04. The monoisotopic (exact) mass is 258 g/mol. The minimum Gasteiger partial charge on any atom is -0.287 e. The van der Waals surface area contributed by atoms with Crippen molar-refractivity contribution in [1.29, 1.82) is 0 Å². The van der Waals surface area contributed by atoms with Crippen LogP contribution in [0.15, 0.2) is 47.8 Å². The molecule has 0 aliphatic carbocycles. The Kier molecular flexibility index (Phi) is 3.57. The number of rotatable bonds is 2. The van der Waals surface area contributed by atoms with E-state index in [4.69, 9.17) is 17.1 Å². The number of carbonyl (C=O) groups excluding carboxylic acids is 1. The van der Waals surface area contributed by atoms with Gasteiger partial charge in [0.05, 0.1) is 0 Å². The zero-order valence-electron chi connectivity index (χ0n) is 9.12. The van der Waals surface area contributed by atoms with Gasteiger partial charge in [0.15, 0.2) is 0 Å². The van der Waals surface area contributed by atoms with E-state index in [9.17, 15) is 4.79 Å². The minimum atomic E-state index is -0.657. The van der Waals surface area contributed by atoms with E-state index in [0.29, 0.717) is 5.02 Å². The van der Waals surface area contributed by atoms with E-state index >= 15 is 0 Å². The quantitative estimate of drug-likeness (QED) is 0.466. The molecule has 2 aromatic rings. The third-order valence-corrected chi connectivity index (χ3v) is 2.51. The van der Waals surface area contributed by atoms with Crippen molar-refractivity contribution in [2.24, 2.45) is 5.11 Å². The lowest BCUT2D eigenvalue weighted by Crippen LogP contribution is -1.94. The fourth-order valence-electron chi connectivity index (χ4n) is 1.52. The molecule has 0 atom stereocenters. The van der Waals surface area contributed by atoms with Crippen molar-refractivity contribution < 1.29 is 4.79 Å². The maximum atomic E-state index is 11.5. The molecule has 0 spiro atoms. The highest BCUT2D eigenvalue weighted by atomic mass is 35.5. The molecule has 0 N–H and O–H groups in total. The van der Waals surface area contributed by atoms with Gasteiger partial charge in [0, 0.05) is 27.9 Å². The first-order valence-electron chi connectivity index (χ1n) is 5.01. The molecule has 1 amide bonds. The van der Waals surface area contributed by atoms with E-state index < -0.39 is 5.91 Å². The lowest BCUT2D eigenvalue weighted by atomic mass is 10.0. The van der Waals surface area contributed by atoms with Crippen LogP contribution in [0.5, 0.6) is 0 Å². The van der Waals surface area contributed by atoms with Crippen molar-refractivity contribution in [3.8, 4) is 11.1 Å². The van der Waals surface area contributed by atoms with Crippen LogP contribution in [-0.2, 0) is 0 Å². The van der Waals surface area contributed by atoms with Gasteiger partial charge in [0.25, 0.3) is 0 Å². The molecular formula is C12H7ClN4O. The molecule has 0 aliphatic rings. The molecule has 1 aromatic heterocycles. The number of nitrogens with zero attached hydrogens (tertiary/aromatic N) is 4. The fourth-order valence-corrected chi connectivity index (χ4v) is 1.76. The number of hydrogen-bond acceptors (Lipinski definition) is 2. The lowest BCUT2D eigenvalue weighted by molar-refractivity contribution is 0.100. The second-order valence-corrected chi connectivity index (χ2v) is 3.90. The first-order chi connectivity index (χ1) is 8.70. The molecule has 0 saturated heterocycles. The number of hydrogen-bond donors (Lipinski definition) is 0. The van der Waals surface area contributed by atoms with Crippen molar-refractivity contribution >= 4 is 17.5 Å². The molecule has 1 heterocycles. The molecule has 0 unspecified atom stereocenters. The highest BCUT2D eigenvalue weighted by Gasteiger charge is 2.07. The van der Waals surface area contributed by atoms with Crippen molar-refractivity contribution in [1.82, 2.24) is 4.98 Å². The Morgan fingerprint density at radius 2 is 1.94 bits per heavy atom. The standard InChI is InChI=1S/C12H7ClN4O/c13-11-6-9(8-1-3-15-4-2-8)5-10(7-11)12(18)16-17-14/h1-7H. The largest absolute Gasteiger partial charge is 0.287 e. The summed E-state index contributed by atoms with van der Waals surface area (Å²) in [6.07, 6.45) is 3.29. The SMILES string of the molecule is [N-]=[N+]=NC(=O)c1cc(Cl)cc(-c2ccncc2)c1. The third-order valence-electron chi connectivity index (χ3n) is 2.29. The number of benzene rings is 1. The Balaban J connectivity index is 2.51. The molecule has 2 rings (SSSR count). The Bertz CT molecular complexity index is 636. The summed E-state index contributed by atoms with van der Waals surface area (Å²) in [5.74, 6) is -0.657. The van der Waals surface area contributed by atoms with Crippen molar-refractivity contribution in [2.45, 2.75) is 0 Å². The summed E-state index contributed by atoms with van der Waals surface area (Å²) in [6, 6.07) is 8.41. The van der Waals surface area contributed by atoms with Gasteiger partial charge in [-0.1, -0.05) is 11.6 Å². The predicted octanol–water partition coefficient (Wildman–Crippen LogP) is 3.85. The van der Waals surface area contributed by atoms with E-state index in [-0.39, 0.29) is 5.56 Å². The van der Waals surface area contributed by atoms with Gasteiger partial charge in [-0.25, -0.2) is 0 Å².